The Morgan fingerprint density at radius 3 is 2.95 bits per heavy atom. The molecule has 1 fully saturated rings. The van der Waals surface area contributed by atoms with Crippen LogP contribution in [0.15, 0.2) is 24.3 Å². The Kier molecular flexibility index (Phi) is 4.14. The smallest absolute Gasteiger partial charge is 0.108 e. The van der Waals surface area contributed by atoms with E-state index in [0.29, 0.717) is 6.04 Å². The lowest BCUT2D eigenvalue weighted by atomic mass is 9.83. The third-order valence-electron chi connectivity index (χ3n) is 4.29. The average molecular weight is 274 g/mol. The summed E-state index contributed by atoms with van der Waals surface area (Å²) >= 11 is 1.82. The first-order chi connectivity index (χ1) is 9.36. The number of hydrogen-bond acceptors (Lipinski definition) is 3. The van der Waals surface area contributed by atoms with Crippen molar-refractivity contribution in [2.24, 2.45) is 5.92 Å². The molecule has 0 radical (unpaired) electrons. The zero-order valence-electron chi connectivity index (χ0n) is 11.6. The Labute approximate surface area is 119 Å². The zero-order valence-corrected chi connectivity index (χ0v) is 12.4. The molecule has 1 aromatic carbocycles. The van der Waals surface area contributed by atoms with Crippen molar-refractivity contribution < 1.29 is 0 Å². The lowest BCUT2D eigenvalue weighted by Gasteiger charge is -2.31. The van der Waals surface area contributed by atoms with E-state index in [9.17, 15) is 0 Å². The molecular weight excluding hydrogens is 252 g/mol. The van der Waals surface area contributed by atoms with Gasteiger partial charge in [0.2, 0.25) is 0 Å². The highest BCUT2D eigenvalue weighted by Crippen LogP contribution is 2.27. The number of fused-ring (bicyclic) bond motifs is 1. The number of benzene rings is 1. The minimum Gasteiger partial charge on any atom is -0.307 e. The molecule has 1 aliphatic rings. The second-order valence-electron chi connectivity index (χ2n) is 5.52. The lowest BCUT2D eigenvalue weighted by Crippen LogP contribution is -2.37. The third-order valence-corrected chi connectivity index (χ3v) is 5.32. The number of rotatable bonds is 4. The Bertz CT molecular complexity index is 501. The molecule has 1 heterocycles. The van der Waals surface area contributed by atoms with Gasteiger partial charge in [0.15, 0.2) is 0 Å². The van der Waals surface area contributed by atoms with E-state index < -0.39 is 0 Å². The van der Waals surface area contributed by atoms with Crippen molar-refractivity contribution in [1.29, 1.82) is 0 Å². The van der Waals surface area contributed by atoms with E-state index in [1.54, 1.807) is 0 Å². The molecule has 0 saturated heterocycles. The standard InChI is InChI=1S/C16H22N2S/c1-2-12-7-3-4-8-13(12)17-11-16-18-14-9-5-6-10-15(14)19-16/h5-6,9-10,12-13,17H,2-4,7-8,11H2,1H3. The van der Waals surface area contributed by atoms with Gasteiger partial charge in [-0.2, -0.15) is 0 Å². The average Bonchev–Trinajstić information content (AvgIpc) is 2.88. The predicted molar refractivity (Wildman–Crippen MR) is 82.5 cm³/mol. The van der Waals surface area contributed by atoms with Crippen LogP contribution in [0.3, 0.4) is 0 Å². The van der Waals surface area contributed by atoms with Crippen molar-refractivity contribution in [3.05, 3.63) is 29.3 Å². The molecule has 19 heavy (non-hydrogen) atoms. The molecule has 2 aromatic rings. The summed E-state index contributed by atoms with van der Waals surface area (Å²) in [5, 5.41) is 4.97. The molecule has 1 N–H and O–H groups in total. The first kappa shape index (κ1) is 13.1. The van der Waals surface area contributed by atoms with E-state index in [2.05, 4.69) is 36.5 Å². The predicted octanol–water partition coefficient (Wildman–Crippen LogP) is 4.35. The van der Waals surface area contributed by atoms with E-state index in [1.165, 1.54) is 41.8 Å². The van der Waals surface area contributed by atoms with E-state index in [4.69, 9.17) is 4.98 Å². The molecule has 102 valence electrons. The lowest BCUT2D eigenvalue weighted by molar-refractivity contribution is 0.254. The summed E-state index contributed by atoms with van der Waals surface area (Å²) in [6, 6.07) is 9.11. The maximum Gasteiger partial charge on any atom is 0.108 e. The second-order valence-corrected chi connectivity index (χ2v) is 6.63. The molecule has 1 aromatic heterocycles. The number of aromatic nitrogens is 1. The van der Waals surface area contributed by atoms with E-state index >= 15 is 0 Å². The number of nitrogens with zero attached hydrogens (tertiary/aromatic N) is 1. The summed E-state index contributed by atoms with van der Waals surface area (Å²) in [4.78, 5) is 4.70. The number of hydrogen-bond donors (Lipinski definition) is 1. The van der Waals surface area contributed by atoms with Crippen LogP contribution >= 0.6 is 11.3 Å². The van der Waals surface area contributed by atoms with Crippen molar-refractivity contribution in [3.63, 3.8) is 0 Å². The van der Waals surface area contributed by atoms with E-state index in [0.717, 1.165) is 18.0 Å². The second kappa shape index (κ2) is 6.02. The van der Waals surface area contributed by atoms with Gasteiger partial charge in [-0.05, 0) is 30.9 Å². The summed E-state index contributed by atoms with van der Waals surface area (Å²) in [7, 11) is 0. The quantitative estimate of drug-likeness (QED) is 0.896. The van der Waals surface area contributed by atoms with Crippen molar-refractivity contribution in [3.8, 4) is 0 Å². The van der Waals surface area contributed by atoms with Gasteiger partial charge in [0.25, 0.3) is 0 Å². The van der Waals surface area contributed by atoms with Crippen molar-refractivity contribution in [2.45, 2.75) is 51.6 Å². The van der Waals surface area contributed by atoms with Gasteiger partial charge in [0, 0.05) is 12.6 Å². The summed E-state index contributed by atoms with van der Waals surface area (Å²) in [6.45, 7) is 3.25. The normalized spacial score (nSPS) is 23.8. The molecule has 2 unspecified atom stereocenters. The molecule has 0 aliphatic heterocycles. The number of para-hydroxylation sites is 1. The Hall–Kier alpha value is -0.930. The van der Waals surface area contributed by atoms with Gasteiger partial charge in [-0.25, -0.2) is 4.98 Å². The molecule has 2 nitrogen and oxygen atoms in total. The summed E-state index contributed by atoms with van der Waals surface area (Å²) < 4.78 is 1.30. The first-order valence-corrected chi connectivity index (χ1v) is 8.26. The van der Waals surface area contributed by atoms with Crippen LogP contribution < -0.4 is 5.32 Å². The van der Waals surface area contributed by atoms with Crippen molar-refractivity contribution >= 4 is 21.6 Å². The van der Waals surface area contributed by atoms with Crippen LogP contribution in [0.25, 0.3) is 10.2 Å². The molecule has 1 aliphatic carbocycles. The number of thiazole rings is 1. The highest BCUT2D eigenvalue weighted by atomic mass is 32.1. The van der Waals surface area contributed by atoms with Gasteiger partial charge in [0.1, 0.15) is 5.01 Å². The monoisotopic (exact) mass is 274 g/mol. The van der Waals surface area contributed by atoms with Crippen LogP contribution in [0.4, 0.5) is 0 Å². The largest absolute Gasteiger partial charge is 0.307 e. The van der Waals surface area contributed by atoms with Crippen LogP contribution in [-0.2, 0) is 6.54 Å². The van der Waals surface area contributed by atoms with Crippen LogP contribution in [0, 0.1) is 5.92 Å². The van der Waals surface area contributed by atoms with Gasteiger partial charge in [-0.15, -0.1) is 11.3 Å². The van der Waals surface area contributed by atoms with E-state index in [-0.39, 0.29) is 0 Å². The fourth-order valence-electron chi connectivity index (χ4n) is 3.18. The van der Waals surface area contributed by atoms with Crippen molar-refractivity contribution in [1.82, 2.24) is 10.3 Å². The van der Waals surface area contributed by atoms with Gasteiger partial charge in [0.05, 0.1) is 10.2 Å². The van der Waals surface area contributed by atoms with Gasteiger partial charge in [-0.3, -0.25) is 0 Å². The fourth-order valence-corrected chi connectivity index (χ4v) is 4.10. The maximum atomic E-state index is 4.70. The molecule has 3 rings (SSSR count). The van der Waals surface area contributed by atoms with Gasteiger partial charge in [-0.1, -0.05) is 38.3 Å². The van der Waals surface area contributed by atoms with E-state index in [1.807, 2.05) is 11.3 Å². The topological polar surface area (TPSA) is 24.9 Å². The Morgan fingerprint density at radius 1 is 1.26 bits per heavy atom. The SMILES string of the molecule is CCC1CCCCC1NCc1nc2ccccc2s1. The van der Waals surface area contributed by atoms with Crippen LogP contribution in [0.5, 0.6) is 0 Å². The third kappa shape index (κ3) is 2.98. The molecule has 3 heteroatoms. The first-order valence-electron chi connectivity index (χ1n) is 7.44. The van der Waals surface area contributed by atoms with Crippen molar-refractivity contribution in [2.75, 3.05) is 0 Å². The molecule has 0 amide bonds. The summed E-state index contributed by atoms with van der Waals surface area (Å²) in [5.41, 5.74) is 1.14. The Balaban J connectivity index is 1.64. The molecule has 0 bridgehead atoms. The van der Waals surface area contributed by atoms with Gasteiger partial charge >= 0.3 is 0 Å². The minimum absolute atomic E-state index is 0.700. The summed E-state index contributed by atoms with van der Waals surface area (Å²) in [5.74, 6) is 0.864. The Morgan fingerprint density at radius 2 is 2.11 bits per heavy atom. The zero-order chi connectivity index (χ0) is 13.1. The van der Waals surface area contributed by atoms with Crippen LogP contribution in [0.1, 0.15) is 44.0 Å². The number of nitrogens with one attached hydrogen (secondary N) is 1. The van der Waals surface area contributed by atoms with Gasteiger partial charge < -0.3 is 5.32 Å². The molecule has 2 atom stereocenters. The summed E-state index contributed by atoms with van der Waals surface area (Å²) in [6.07, 6.45) is 6.83. The highest BCUT2D eigenvalue weighted by molar-refractivity contribution is 7.18. The molecular formula is C16H22N2S. The molecule has 1 saturated carbocycles. The molecule has 0 spiro atoms. The maximum absolute atomic E-state index is 4.70. The van der Waals surface area contributed by atoms with Crippen LogP contribution in [0.2, 0.25) is 0 Å². The fraction of sp³-hybridized carbons (Fsp3) is 0.562. The van der Waals surface area contributed by atoms with Crippen LogP contribution in [-0.4, -0.2) is 11.0 Å². The highest BCUT2D eigenvalue weighted by Gasteiger charge is 2.23. The minimum atomic E-state index is 0.700.